The fourth-order valence-corrected chi connectivity index (χ4v) is 2.39. The summed E-state index contributed by atoms with van der Waals surface area (Å²) in [6.07, 6.45) is 2.83. The number of para-hydroxylation sites is 1. The average molecular weight is 301 g/mol. The fraction of sp³-hybridized carbons (Fsp3) is 0.176. The van der Waals surface area contributed by atoms with Crippen LogP contribution in [-0.2, 0) is 6.42 Å². The monoisotopic (exact) mass is 300 g/mol. The second kappa shape index (κ2) is 6.55. The Morgan fingerprint density at radius 1 is 1.05 bits per heavy atom. The third-order valence-corrected chi connectivity index (χ3v) is 3.62. The van der Waals surface area contributed by atoms with Crippen LogP contribution >= 0.6 is 11.6 Å². The molecule has 0 unspecified atom stereocenters. The molecule has 1 aliphatic rings. The van der Waals surface area contributed by atoms with Crippen LogP contribution < -0.4 is 15.4 Å². The maximum Gasteiger partial charge on any atom is 0.128 e. The van der Waals surface area contributed by atoms with Crippen LogP contribution in [0, 0.1) is 0 Å². The Bertz CT molecular complexity index is 637. The highest BCUT2D eigenvalue weighted by molar-refractivity contribution is 6.30. The van der Waals surface area contributed by atoms with Gasteiger partial charge in [-0.2, -0.15) is 0 Å². The van der Waals surface area contributed by atoms with Crippen molar-refractivity contribution in [3.8, 4) is 5.75 Å². The van der Waals surface area contributed by atoms with E-state index in [0.717, 1.165) is 35.1 Å². The summed E-state index contributed by atoms with van der Waals surface area (Å²) in [6, 6.07) is 15.9. The van der Waals surface area contributed by atoms with E-state index >= 15 is 0 Å². The van der Waals surface area contributed by atoms with Gasteiger partial charge in [-0.3, -0.25) is 0 Å². The molecule has 0 saturated heterocycles. The number of hydrogen-bond acceptors (Lipinski definition) is 3. The summed E-state index contributed by atoms with van der Waals surface area (Å²) in [5, 5.41) is 7.19. The third-order valence-electron chi connectivity index (χ3n) is 3.37. The van der Waals surface area contributed by atoms with Gasteiger partial charge in [0.25, 0.3) is 0 Å². The first kappa shape index (κ1) is 13.8. The molecular weight excluding hydrogens is 284 g/mol. The second-order valence-electron chi connectivity index (χ2n) is 4.84. The van der Waals surface area contributed by atoms with Gasteiger partial charge >= 0.3 is 0 Å². The molecule has 2 N–H and O–H groups in total. The molecule has 3 rings (SSSR count). The Morgan fingerprint density at radius 2 is 1.86 bits per heavy atom. The summed E-state index contributed by atoms with van der Waals surface area (Å²) in [5.74, 6) is 0.897. The summed E-state index contributed by atoms with van der Waals surface area (Å²) < 4.78 is 5.94. The molecule has 108 valence electrons. The summed E-state index contributed by atoms with van der Waals surface area (Å²) in [7, 11) is 0. The van der Waals surface area contributed by atoms with Crippen molar-refractivity contribution in [1.29, 1.82) is 0 Å². The molecule has 0 amide bonds. The van der Waals surface area contributed by atoms with Gasteiger partial charge in [0, 0.05) is 23.2 Å². The standard InChI is InChI=1S/C17H17ClN2O/c18-14-7-5-13(6-8-14)9-10-21-17-4-2-1-3-15(17)16-11-19-12-20-16/h1-8,11,19-20H,9-10,12H2. The van der Waals surface area contributed by atoms with Gasteiger partial charge in [-0.25, -0.2) is 0 Å². The second-order valence-corrected chi connectivity index (χ2v) is 5.27. The van der Waals surface area contributed by atoms with Crippen molar-refractivity contribution >= 4 is 17.3 Å². The minimum atomic E-state index is 0.638. The van der Waals surface area contributed by atoms with Crippen molar-refractivity contribution < 1.29 is 4.74 Å². The molecule has 0 bridgehead atoms. The lowest BCUT2D eigenvalue weighted by molar-refractivity contribution is 0.321. The zero-order valence-electron chi connectivity index (χ0n) is 11.6. The van der Waals surface area contributed by atoms with Crippen molar-refractivity contribution in [2.75, 3.05) is 13.3 Å². The Hall–Kier alpha value is -2.13. The first-order valence-corrected chi connectivity index (χ1v) is 7.35. The number of nitrogens with one attached hydrogen (secondary N) is 2. The Morgan fingerprint density at radius 3 is 2.62 bits per heavy atom. The molecule has 21 heavy (non-hydrogen) atoms. The van der Waals surface area contributed by atoms with E-state index in [2.05, 4.69) is 16.7 Å². The van der Waals surface area contributed by atoms with Crippen molar-refractivity contribution in [2.24, 2.45) is 0 Å². The van der Waals surface area contributed by atoms with E-state index in [1.54, 1.807) is 0 Å². The van der Waals surface area contributed by atoms with Crippen molar-refractivity contribution in [1.82, 2.24) is 10.6 Å². The molecule has 0 radical (unpaired) electrons. The summed E-state index contributed by atoms with van der Waals surface area (Å²) in [6.45, 7) is 1.40. The molecule has 2 aromatic rings. The Kier molecular flexibility index (Phi) is 4.31. The van der Waals surface area contributed by atoms with Crippen LogP contribution in [0.15, 0.2) is 54.7 Å². The highest BCUT2D eigenvalue weighted by atomic mass is 35.5. The number of halogens is 1. The normalized spacial score (nSPS) is 13.3. The zero-order valence-corrected chi connectivity index (χ0v) is 12.4. The summed E-state index contributed by atoms with van der Waals surface area (Å²) in [5.41, 5.74) is 3.37. The first-order valence-electron chi connectivity index (χ1n) is 6.97. The van der Waals surface area contributed by atoms with E-state index in [4.69, 9.17) is 16.3 Å². The predicted molar refractivity (Wildman–Crippen MR) is 86.2 cm³/mol. The molecule has 0 saturated carbocycles. The lowest BCUT2D eigenvalue weighted by Gasteiger charge is -2.12. The lowest BCUT2D eigenvalue weighted by atomic mass is 10.1. The van der Waals surface area contributed by atoms with Gasteiger partial charge in [-0.15, -0.1) is 0 Å². The molecule has 0 fully saturated rings. The van der Waals surface area contributed by atoms with Gasteiger partial charge < -0.3 is 15.4 Å². The van der Waals surface area contributed by atoms with Gasteiger partial charge in [0.1, 0.15) is 5.75 Å². The van der Waals surface area contributed by atoms with Crippen LogP contribution in [0.4, 0.5) is 0 Å². The van der Waals surface area contributed by atoms with Crippen LogP contribution in [0.1, 0.15) is 11.1 Å². The predicted octanol–water partition coefficient (Wildman–Crippen LogP) is 3.41. The van der Waals surface area contributed by atoms with Gasteiger partial charge in [-0.1, -0.05) is 35.9 Å². The summed E-state index contributed by atoms with van der Waals surface area (Å²) in [4.78, 5) is 0. The number of hydrogen-bond donors (Lipinski definition) is 2. The summed E-state index contributed by atoms with van der Waals surface area (Å²) >= 11 is 5.88. The number of benzene rings is 2. The molecule has 3 nitrogen and oxygen atoms in total. The lowest BCUT2D eigenvalue weighted by Crippen LogP contribution is -2.14. The van der Waals surface area contributed by atoms with Crippen molar-refractivity contribution in [2.45, 2.75) is 6.42 Å². The smallest absolute Gasteiger partial charge is 0.128 e. The van der Waals surface area contributed by atoms with Crippen LogP contribution in [0.2, 0.25) is 5.02 Å². The topological polar surface area (TPSA) is 33.3 Å². The quantitative estimate of drug-likeness (QED) is 0.888. The third kappa shape index (κ3) is 3.50. The minimum absolute atomic E-state index is 0.638. The highest BCUT2D eigenvalue weighted by Crippen LogP contribution is 2.25. The molecule has 4 heteroatoms. The van der Waals surface area contributed by atoms with Gasteiger partial charge in [-0.05, 0) is 29.8 Å². The molecule has 0 atom stereocenters. The maximum atomic E-state index is 5.94. The zero-order chi connectivity index (χ0) is 14.5. The van der Waals surface area contributed by atoms with Crippen LogP contribution in [0.25, 0.3) is 5.70 Å². The molecule has 1 heterocycles. The Labute approximate surface area is 129 Å². The minimum Gasteiger partial charge on any atom is -0.493 e. The fourth-order valence-electron chi connectivity index (χ4n) is 2.27. The van der Waals surface area contributed by atoms with E-state index in [1.165, 1.54) is 5.56 Å². The van der Waals surface area contributed by atoms with Gasteiger partial charge in [0.2, 0.25) is 0 Å². The van der Waals surface area contributed by atoms with E-state index in [-0.39, 0.29) is 0 Å². The molecule has 2 aromatic carbocycles. The molecule has 1 aliphatic heterocycles. The average Bonchev–Trinajstić information content (AvgIpc) is 3.04. The number of rotatable bonds is 5. The molecule has 0 aromatic heterocycles. The van der Waals surface area contributed by atoms with E-state index in [9.17, 15) is 0 Å². The van der Waals surface area contributed by atoms with Crippen LogP contribution in [-0.4, -0.2) is 13.3 Å². The van der Waals surface area contributed by atoms with E-state index in [0.29, 0.717) is 6.61 Å². The molecule has 0 aliphatic carbocycles. The van der Waals surface area contributed by atoms with E-state index in [1.807, 2.05) is 48.7 Å². The molecular formula is C17H17ClN2O. The van der Waals surface area contributed by atoms with Crippen LogP contribution in [0.5, 0.6) is 5.75 Å². The number of ether oxygens (including phenoxy) is 1. The van der Waals surface area contributed by atoms with E-state index < -0.39 is 0 Å². The first-order chi connectivity index (χ1) is 10.3. The van der Waals surface area contributed by atoms with Gasteiger partial charge in [0.15, 0.2) is 0 Å². The Balaban J connectivity index is 1.64. The van der Waals surface area contributed by atoms with Crippen LogP contribution in [0.3, 0.4) is 0 Å². The van der Waals surface area contributed by atoms with Crippen molar-refractivity contribution in [3.63, 3.8) is 0 Å². The SMILES string of the molecule is Clc1ccc(CCOc2ccccc2C2=CNCN2)cc1. The maximum absolute atomic E-state index is 5.94. The highest BCUT2D eigenvalue weighted by Gasteiger charge is 2.11. The molecule has 0 spiro atoms. The van der Waals surface area contributed by atoms with Gasteiger partial charge in [0.05, 0.1) is 19.0 Å². The van der Waals surface area contributed by atoms with Crippen molar-refractivity contribution in [3.05, 3.63) is 70.9 Å². The largest absolute Gasteiger partial charge is 0.493 e.